The van der Waals surface area contributed by atoms with Crippen molar-refractivity contribution in [1.29, 1.82) is 0 Å². The van der Waals surface area contributed by atoms with Crippen molar-refractivity contribution < 1.29 is 9.47 Å². The Kier molecular flexibility index (Phi) is 12.5. The standard InChI is InChI=1S/C33H32O.C28H30O/c1-5-23(2)24-15-18-30(19-16-24)34-33(3,4)29-17-14-26-20-27-12-9-13-31(25-10-7-6-8-11-25)32(27)22-28(26)21-29;1-6-20(3)21-10-13-27(14-11-21)29-28(4,5)26-12-9-23-16-24-15-19(2)7-8-22(24)17-25(23)18-26/h6-23H,5H2,1-4H3;7-18,20H,6H2,1-5H3. The molecular weight excluding hydrogens is 765 g/mol. The lowest BCUT2D eigenvalue weighted by molar-refractivity contribution is 0.108. The maximum atomic E-state index is 6.49. The summed E-state index contributed by atoms with van der Waals surface area (Å²) in [4.78, 5) is 0. The van der Waals surface area contributed by atoms with Crippen LogP contribution in [-0.4, -0.2) is 0 Å². The smallest absolute Gasteiger partial charge is 0.128 e. The third-order valence-corrected chi connectivity index (χ3v) is 13.1. The minimum atomic E-state index is -0.444. The highest BCUT2D eigenvalue weighted by Crippen LogP contribution is 2.36. The Morgan fingerprint density at radius 2 is 0.873 bits per heavy atom. The number of hydrogen-bond donors (Lipinski definition) is 0. The first-order valence-electron chi connectivity index (χ1n) is 22.9. The van der Waals surface area contributed by atoms with E-state index >= 15 is 0 Å². The molecule has 0 fully saturated rings. The number of hydrogen-bond acceptors (Lipinski definition) is 2. The fourth-order valence-corrected chi connectivity index (χ4v) is 8.67. The van der Waals surface area contributed by atoms with Crippen molar-refractivity contribution >= 4 is 43.1 Å². The first kappa shape index (κ1) is 43.3. The maximum absolute atomic E-state index is 6.49. The first-order valence-corrected chi connectivity index (χ1v) is 22.9. The highest BCUT2D eigenvalue weighted by molar-refractivity contribution is 6.05. The summed E-state index contributed by atoms with van der Waals surface area (Å²) in [6, 6.07) is 63.5. The largest absolute Gasteiger partial charge is 0.483 e. The molecule has 0 amide bonds. The Bertz CT molecular complexity index is 2990. The number of benzene rings is 9. The number of rotatable bonds is 11. The molecule has 0 aliphatic rings. The van der Waals surface area contributed by atoms with Gasteiger partial charge in [-0.1, -0.05) is 149 Å². The van der Waals surface area contributed by atoms with E-state index in [0.717, 1.165) is 24.3 Å². The van der Waals surface area contributed by atoms with Crippen molar-refractivity contribution in [3.8, 4) is 22.6 Å². The number of ether oxygens (including phenoxy) is 2. The van der Waals surface area contributed by atoms with Crippen LogP contribution in [0.1, 0.15) is 108 Å². The van der Waals surface area contributed by atoms with Crippen LogP contribution in [0.25, 0.3) is 54.2 Å². The van der Waals surface area contributed by atoms with Gasteiger partial charge in [0.15, 0.2) is 0 Å². The quantitative estimate of drug-likeness (QED) is 0.121. The Hall–Kier alpha value is -6.38. The van der Waals surface area contributed by atoms with Gasteiger partial charge in [0.25, 0.3) is 0 Å². The second-order valence-electron chi connectivity index (χ2n) is 18.6. The Morgan fingerprint density at radius 3 is 1.38 bits per heavy atom. The zero-order valence-electron chi connectivity index (χ0n) is 38.6. The molecule has 318 valence electrons. The summed E-state index contributed by atoms with van der Waals surface area (Å²) in [6.07, 6.45) is 2.29. The van der Waals surface area contributed by atoms with Gasteiger partial charge in [-0.25, -0.2) is 0 Å². The highest BCUT2D eigenvalue weighted by atomic mass is 16.5. The van der Waals surface area contributed by atoms with Crippen molar-refractivity contribution in [3.05, 3.63) is 204 Å². The van der Waals surface area contributed by atoms with E-state index in [2.05, 4.69) is 238 Å². The molecule has 0 aliphatic carbocycles. The van der Waals surface area contributed by atoms with E-state index in [-0.39, 0.29) is 0 Å². The third kappa shape index (κ3) is 9.67. The fraction of sp³-hybridized carbons (Fsp3) is 0.246. The zero-order valence-corrected chi connectivity index (χ0v) is 38.6. The molecule has 0 N–H and O–H groups in total. The molecule has 9 aromatic carbocycles. The molecular formula is C61H62O2. The van der Waals surface area contributed by atoms with E-state index in [1.165, 1.54) is 82.0 Å². The average molecular weight is 827 g/mol. The van der Waals surface area contributed by atoms with Gasteiger partial charge in [0.1, 0.15) is 22.7 Å². The van der Waals surface area contributed by atoms with Crippen molar-refractivity contribution in [1.82, 2.24) is 0 Å². The zero-order chi connectivity index (χ0) is 44.3. The minimum absolute atomic E-state index is 0.408. The highest BCUT2D eigenvalue weighted by Gasteiger charge is 2.25. The molecule has 0 spiro atoms. The van der Waals surface area contributed by atoms with Crippen LogP contribution in [0.3, 0.4) is 0 Å². The van der Waals surface area contributed by atoms with E-state index < -0.39 is 11.2 Å². The molecule has 0 saturated heterocycles. The molecule has 0 aromatic heterocycles. The normalized spacial score (nSPS) is 12.8. The van der Waals surface area contributed by atoms with E-state index in [9.17, 15) is 0 Å². The number of aryl methyl sites for hydroxylation is 1. The van der Waals surface area contributed by atoms with Crippen LogP contribution in [-0.2, 0) is 11.2 Å². The lowest BCUT2D eigenvalue weighted by Gasteiger charge is -2.28. The summed E-state index contributed by atoms with van der Waals surface area (Å²) >= 11 is 0. The monoisotopic (exact) mass is 826 g/mol. The summed E-state index contributed by atoms with van der Waals surface area (Å²) < 4.78 is 12.9. The lowest BCUT2D eigenvalue weighted by atomic mass is 9.92. The van der Waals surface area contributed by atoms with Gasteiger partial charge < -0.3 is 9.47 Å². The fourth-order valence-electron chi connectivity index (χ4n) is 8.67. The maximum Gasteiger partial charge on any atom is 0.128 e. The Morgan fingerprint density at radius 1 is 0.413 bits per heavy atom. The van der Waals surface area contributed by atoms with Gasteiger partial charge in [-0.05, 0) is 196 Å². The van der Waals surface area contributed by atoms with Crippen molar-refractivity contribution in [3.63, 3.8) is 0 Å². The molecule has 63 heavy (non-hydrogen) atoms. The summed E-state index contributed by atoms with van der Waals surface area (Å²) in [5.41, 5.74) is 8.03. The Labute approximate surface area is 375 Å². The Balaban J connectivity index is 0.000000175. The van der Waals surface area contributed by atoms with Crippen molar-refractivity contribution in [2.24, 2.45) is 0 Å². The summed E-state index contributed by atoms with van der Waals surface area (Å²) in [5, 5.41) is 10.1. The molecule has 9 rings (SSSR count). The summed E-state index contributed by atoms with van der Waals surface area (Å²) in [5.74, 6) is 2.97. The minimum Gasteiger partial charge on any atom is -0.483 e. The lowest BCUT2D eigenvalue weighted by Crippen LogP contribution is -2.25. The SMILES string of the molecule is CCC(C)c1ccc(OC(C)(C)c2ccc3cc4cc(C)ccc4cc3c2)cc1.CCC(C)c1ccc(OC(C)(C)c2ccc3cc4cccc(-c5ccccc5)c4cc3c2)cc1. The van der Waals surface area contributed by atoms with Gasteiger partial charge >= 0.3 is 0 Å². The predicted octanol–water partition coefficient (Wildman–Crippen LogP) is 17.6. The topological polar surface area (TPSA) is 18.5 Å². The third-order valence-electron chi connectivity index (χ3n) is 13.1. The van der Waals surface area contributed by atoms with E-state index in [1.807, 2.05) is 0 Å². The van der Waals surface area contributed by atoms with Gasteiger partial charge in [-0.3, -0.25) is 0 Å². The average Bonchev–Trinajstić information content (AvgIpc) is 3.29. The molecule has 0 radical (unpaired) electrons. The van der Waals surface area contributed by atoms with Crippen molar-refractivity contribution in [2.45, 2.75) is 98.2 Å². The molecule has 2 unspecified atom stereocenters. The van der Waals surface area contributed by atoms with Crippen LogP contribution >= 0.6 is 0 Å². The molecule has 2 heteroatoms. The van der Waals surface area contributed by atoms with Crippen LogP contribution in [0.4, 0.5) is 0 Å². The second kappa shape index (κ2) is 18.1. The van der Waals surface area contributed by atoms with E-state index in [1.54, 1.807) is 0 Å². The van der Waals surface area contributed by atoms with Crippen LogP contribution in [0.15, 0.2) is 176 Å². The van der Waals surface area contributed by atoms with E-state index in [0.29, 0.717) is 11.8 Å². The summed E-state index contributed by atoms with van der Waals surface area (Å²) in [7, 11) is 0. The van der Waals surface area contributed by atoms with E-state index in [4.69, 9.17) is 9.47 Å². The molecule has 0 aliphatic heterocycles. The number of fused-ring (bicyclic) bond motifs is 4. The van der Waals surface area contributed by atoms with Gasteiger partial charge in [-0.15, -0.1) is 0 Å². The van der Waals surface area contributed by atoms with Crippen LogP contribution in [0, 0.1) is 6.92 Å². The van der Waals surface area contributed by atoms with Crippen LogP contribution in [0.5, 0.6) is 11.5 Å². The molecule has 0 bridgehead atoms. The van der Waals surface area contributed by atoms with Crippen LogP contribution < -0.4 is 9.47 Å². The predicted molar refractivity (Wildman–Crippen MR) is 271 cm³/mol. The van der Waals surface area contributed by atoms with Gasteiger partial charge in [0.05, 0.1) is 0 Å². The van der Waals surface area contributed by atoms with Gasteiger partial charge in [0.2, 0.25) is 0 Å². The molecule has 2 atom stereocenters. The van der Waals surface area contributed by atoms with Gasteiger partial charge in [0, 0.05) is 0 Å². The molecule has 2 nitrogen and oxygen atoms in total. The first-order chi connectivity index (χ1) is 30.3. The van der Waals surface area contributed by atoms with Gasteiger partial charge in [-0.2, -0.15) is 0 Å². The van der Waals surface area contributed by atoms with Crippen LogP contribution in [0.2, 0.25) is 0 Å². The summed E-state index contributed by atoms with van der Waals surface area (Å²) in [6.45, 7) is 19.7. The van der Waals surface area contributed by atoms with Crippen molar-refractivity contribution in [2.75, 3.05) is 0 Å². The molecule has 0 saturated carbocycles. The second-order valence-corrected chi connectivity index (χ2v) is 18.6. The molecule has 0 heterocycles. The molecule has 9 aromatic rings.